The van der Waals surface area contributed by atoms with Crippen LogP contribution in [0.4, 0.5) is 0 Å². The van der Waals surface area contributed by atoms with Gasteiger partial charge < -0.3 is 35.4 Å². The van der Waals surface area contributed by atoms with Crippen LogP contribution in [0.3, 0.4) is 0 Å². The quantitative estimate of drug-likeness (QED) is 0.234. The first-order valence-electron chi connectivity index (χ1n) is 7.35. The van der Waals surface area contributed by atoms with Crippen molar-refractivity contribution >= 4 is 18.0 Å². The molecule has 1 aromatic carbocycles. The lowest BCUT2D eigenvalue weighted by Crippen LogP contribution is -2.57. The van der Waals surface area contributed by atoms with E-state index >= 15 is 0 Å². The predicted octanol–water partition coefficient (Wildman–Crippen LogP) is -0.646. The van der Waals surface area contributed by atoms with Gasteiger partial charge in [-0.3, -0.25) is 0 Å². The van der Waals surface area contributed by atoms with E-state index in [1.54, 1.807) is 0 Å². The Morgan fingerprint density at radius 3 is 2.44 bits per heavy atom. The van der Waals surface area contributed by atoms with E-state index in [9.17, 15) is 35.1 Å². The smallest absolute Gasteiger partial charge is 0.335 e. The molecule has 9 heteroatoms. The molecule has 0 amide bonds. The molecule has 1 fully saturated rings. The number of phenols is 2. The first-order valence-corrected chi connectivity index (χ1v) is 7.35. The summed E-state index contributed by atoms with van der Waals surface area (Å²) in [7, 11) is 0. The van der Waals surface area contributed by atoms with E-state index in [0.717, 1.165) is 6.08 Å². The summed E-state index contributed by atoms with van der Waals surface area (Å²) in [6, 6.07) is 3.83. The third kappa shape index (κ3) is 4.27. The Labute approximate surface area is 142 Å². The van der Waals surface area contributed by atoms with Crippen LogP contribution in [-0.4, -0.2) is 66.5 Å². The number of esters is 1. The number of aliphatic carboxylic acids is 1. The average molecular weight is 354 g/mol. The Kier molecular flexibility index (Phi) is 5.31. The maximum atomic E-state index is 11.8. The van der Waals surface area contributed by atoms with Gasteiger partial charge in [-0.25, -0.2) is 9.59 Å². The lowest BCUT2D eigenvalue weighted by molar-refractivity contribution is -0.196. The first-order chi connectivity index (χ1) is 11.6. The summed E-state index contributed by atoms with van der Waals surface area (Å²) in [5.74, 6) is -3.24. The van der Waals surface area contributed by atoms with E-state index < -0.39 is 48.7 Å². The highest BCUT2D eigenvalue weighted by atomic mass is 16.6. The van der Waals surface area contributed by atoms with Crippen molar-refractivity contribution in [3.8, 4) is 11.5 Å². The first kappa shape index (κ1) is 18.7. The molecular weight excluding hydrogens is 336 g/mol. The molecule has 3 unspecified atom stereocenters. The Morgan fingerprint density at radius 1 is 1.16 bits per heavy atom. The largest absolute Gasteiger partial charge is 0.504 e. The van der Waals surface area contributed by atoms with Crippen LogP contribution in [0.2, 0.25) is 0 Å². The maximum Gasteiger partial charge on any atom is 0.335 e. The van der Waals surface area contributed by atoms with E-state index in [-0.39, 0.29) is 11.5 Å². The Bertz CT molecular complexity index is 699. The third-order valence-electron chi connectivity index (χ3n) is 3.94. The second-order valence-electron chi connectivity index (χ2n) is 5.86. The van der Waals surface area contributed by atoms with Gasteiger partial charge in [-0.15, -0.1) is 0 Å². The molecule has 1 aliphatic rings. The zero-order valence-corrected chi connectivity index (χ0v) is 12.9. The minimum Gasteiger partial charge on any atom is -0.504 e. The highest BCUT2D eigenvalue weighted by Gasteiger charge is 2.50. The van der Waals surface area contributed by atoms with Crippen LogP contribution < -0.4 is 0 Å². The van der Waals surface area contributed by atoms with Gasteiger partial charge in [0.15, 0.2) is 17.1 Å². The standard InChI is InChI=1S/C16H18O9/c17-9-3-1-8(5-10(9)18)2-4-13(20)25-12-7-16(24,15(22)23)6-11(19)14(12)21/h1-5,11-12,14,17-19,21,24H,6-7H2,(H,22,23)/b4-2+/t11?,12?,14?,16-/m1/s1. The van der Waals surface area contributed by atoms with Gasteiger partial charge in [0.05, 0.1) is 6.10 Å². The monoisotopic (exact) mass is 354 g/mol. The van der Waals surface area contributed by atoms with Crippen molar-refractivity contribution in [3.63, 3.8) is 0 Å². The summed E-state index contributed by atoms with van der Waals surface area (Å²) in [5.41, 5.74) is -1.94. The van der Waals surface area contributed by atoms with Crippen molar-refractivity contribution in [3.05, 3.63) is 29.8 Å². The fourth-order valence-corrected chi connectivity index (χ4v) is 2.53. The molecule has 6 N–H and O–H groups in total. The van der Waals surface area contributed by atoms with Crippen LogP contribution in [0.15, 0.2) is 24.3 Å². The molecule has 136 valence electrons. The molecule has 0 bridgehead atoms. The summed E-state index contributed by atoms with van der Waals surface area (Å²) < 4.78 is 4.92. The van der Waals surface area contributed by atoms with Gasteiger partial charge in [0, 0.05) is 18.9 Å². The zero-order chi connectivity index (χ0) is 18.8. The lowest BCUT2D eigenvalue weighted by atomic mass is 9.79. The van der Waals surface area contributed by atoms with Crippen molar-refractivity contribution < 1.29 is 45.0 Å². The Morgan fingerprint density at radius 2 is 1.84 bits per heavy atom. The SMILES string of the molecule is O=C(/C=C/c1ccc(O)c(O)c1)OC1C[C@@](O)(C(=O)O)CC(O)C1O. The number of carbonyl (C=O) groups is 2. The summed E-state index contributed by atoms with van der Waals surface area (Å²) in [6.45, 7) is 0. The van der Waals surface area contributed by atoms with Gasteiger partial charge in [0.1, 0.15) is 12.2 Å². The predicted molar refractivity (Wildman–Crippen MR) is 82.5 cm³/mol. The number of phenolic OH excluding ortho intramolecular Hbond substituents is 2. The van der Waals surface area contributed by atoms with E-state index in [2.05, 4.69) is 0 Å². The minimum atomic E-state index is -2.31. The number of carboxylic acid groups (broad SMARTS) is 1. The lowest BCUT2D eigenvalue weighted by Gasteiger charge is -2.39. The second-order valence-corrected chi connectivity index (χ2v) is 5.86. The number of rotatable bonds is 4. The van der Waals surface area contributed by atoms with Crippen molar-refractivity contribution in [2.75, 3.05) is 0 Å². The van der Waals surface area contributed by atoms with E-state index in [0.29, 0.717) is 5.56 Å². The molecule has 9 nitrogen and oxygen atoms in total. The zero-order valence-electron chi connectivity index (χ0n) is 12.9. The summed E-state index contributed by atoms with van der Waals surface area (Å²) >= 11 is 0. The van der Waals surface area contributed by atoms with E-state index in [4.69, 9.17) is 9.84 Å². The van der Waals surface area contributed by atoms with Crippen LogP contribution in [0, 0.1) is 0 Å². The minimum absolute atomic E-state index is 0.327. The maximum absolute atomic E-state index is 11.8. The van der Waals surface area contributed by atoms with Crippen molar-refractivity contribution in [2.45, 2.75) is 36.8 Å². The van der Waals surface area contributed by atoms with Crippen LogP contribution in [0.25, 0.3) is 6.08 Å². The third-order valence-corrected chi connectivity index (χ3v) is 3.94. The number of hydrogen-bond donors (Lipinski definition) is 6. The van der Waals surface area contributed by atoms with Crippen molar-refractivity contribution in [1.82, 2.24) is 0 Å². The molecule has 1 aromatic rings. The number of carbonyl (C=O) groups excluding carboxylic acids is 1. The molecular formula is C16H18O9. The number of benzene rings is 1. The molecule has 0 radical (unpaired) electrons. The van der Waals surface area contributed by atoms with Gasteiger partial charge in [0.2, 0.25) is 0 Å². The number of aromatic hydroxyl groups is 2. The van der Waals surface area contributed by atoms with Gasteiger partial charge in [-0.1, -0.05) is 6.07 Å². The van der Waals surface area contributed by atoms with Gasteiger partial charge in [0.25, 0.3) is 0 Å². The highest BCUT2D eigenvalue weighted by Crippen LogP contribution is 2.31. The number of hydrogen-bond acceptors (Lipinski definition) is 8. The summed E-state index contributed by atoms with van der Waals surface area (Å²) in [5, 5.41) is 57.0. The van der Waals surface area contributed by atoms with Crippen molar-refractivity contribution in [2.24, 2.45) is 0 Å². The van der Waals surface area contributed by atoms with Crippen molar-refractivity contribution in [1.29, 1.82) is 0 Å². The average Bonchev–Trinajstić information content (AvgIpc) is 2.53. The van der Waals surface area contributed by atoms with Crippen LogP contribution >= 0.6 is 0 Å². The fourth-order valence-electron chi connectivity index (χ4n) is 2.53. The summed E-state index contributed by atoms with van der Waals surface area (Å²) in [6.07, 6.45) is -3.44. The Balaban J connectivity index is 2.06. The van der Waals surface area contributed by atoms with Crippen LogP contribution in [-0.2, 0) is 14.3 Å². The normalized spacial score (nSPS) is 29.5. The van der Waals surface area contributed by atoms with E-state index in [1.165, 1.54) is 24.3 Å². The Hall–Kier alpha value is -2.62. The molecule has 4 atom stereocenters. The van der Waals surface area contributed by atoms with Gasteiger partial charge in [-0.2, -0.15) is 0 Å². The number of aliphatic hydroxyl groups is 3. The molecule has 1 aliphatic carbocycles. The molecule has 1 saturated carbocycles. The van der Waals surface area contributed by atoms with Gasteiger partial charge in [-0.05, 0) is 23.8 Å². The topological polar surface area (TPSA) is 165 Å². The second kappa shape index (κ2) is 7.09. The highest BCUT2D eigenvalue weighted by molar-refractivity contribution is 5.87. The molecule has 2 rings (SSSR count). The molecule has 0 spiro atoms. The molecule has 25 heavy (non-hydrogen) atoms. The molecule has 0 aliphatic heterocycles. The van der Waals surface area contributed by atoms with E-state index in [1.807, 2.05) is 0 Å². The fraction of sp³-hybridized carbons (Fsp3) is 0.375. The molecule has 0 saturated heterocycles. The molecule has 0 aromatic heterocycles. The number of ether oxygens (including phenoxy) is 1. The number of carboxylic acids is 1. The van der Waals surface area contributed by atoms with Gasteiger partial charge >= 0.3 is 11.9 Å². The van der Waals surface area contributed by atoms with Crippen LogP contribution in [0.5, 0.6) is 11.5 Å². The number of aliphatic hydroxyl groups excluding tert-OH is 2. The van der Waals surface area contributed by atoms with Crippen LogP contribution in [0.1, 0.15) is 18.4 Å². The summed E-state index contributed by atoms with van der Waals surface area (Å²) in [4.78, 5) is 22.9. The molecule has 0 heterocycles.